The van der Waals surface area contributed by atoms with E-state index in [1.165, 1.54) is 17.7 Å². The Kier molecular flexibility index (Phi) is 6.79. The van der Waals surface area contributed by atoms with Gasteiger partial charge in [-0.2, -0.15) is 13.2 Å². The van der Waals surface area contributed by atoms with Gasteiger partial charge in [0.1, 0.15) is 5.75 Å². The summed E-state index contributed by atoms with van der Waals surface area (Å²) in [7, 11) is 0. The lowest BCUT2D eigenvalue weighted by molar-refractivity contribution is -0.137. The molecule has 2 aromatic rings. The van der Waals surface area contributed by atoms with Gasteiger partial charge < -0.3 is 9.64 Å². The van der Waals surface area contributed by atoms with Gasteiger partial charge in [0.15, 0.2) is 0 Å². The Labute approximate surface area is 175 Å². The van der Waals surface area contributed by atoms with Crippen LogP contribution in [0.5, 0.6) is 5.75 Å². The van der Waals surface area contributed by atoms with Crippen LogP contribution in [0, 0.1) is 5.92 Å². The lowest BCUT2D eigenvalue weighted by Crippen LogP contribution is -2.44. The van der Waals surface area contributed by atoms with E-state index in [4.69, 9.17) is 16.3 Å². The Morgan fingerprint density at radius 2 is 1.62 bits per heavy atom. The first-order valence-corrected chi connectivity index (χ1v) is 10.3. The summed E-state index contributed by atoms with van der Waals surface area (Å²) in [4.78, 5) is 2.46. The molecule has 0 N–H and O–H groups in total. The quantitative estimate of drug-likeness (QED) is 0.529. The fraction of sp³-hybridized carbons (Fsp3) is 0.478. The predicted octanol–water partition coefficient (Wildman–Crippen LogP) is 6.43. The van der Waals surface area contributed by atoms with Crippen molar-refractivity contribution >= 4 is 11.6 Å². The highest BCUT2D eigenvalue weighted by Gasteiger charge is 2.30. The average molecular weight is 426 g/mol. The van der Waals surface area contributed by atoms with Crippen LogP contribution in [0.15, 0.2) is 48.5 Å². The Bertz CT molecular complexity index is 787. The number of nitrogens with zero attached hydrogens (tertiary/aromatic N) is 1. The summed E-state index contributed by atoms with van der Waals surface area (Å²) in [6.07, 6.45) is -2.16. The van der Waals surface area contributed by atoms with Crippen molar-refractivity contribution in [1.29, 1.82) is 0 Å². The molecule has 3 rings (SSSR count). The van der Waals surface area contributed by atoms with Crippen molar-refractivity contribution in [3.8, 4) is 5.75 Å². The fourth-order valence-electron chi connectivity index (χ4n) is 3.94. The van der Waals surface area contributed by atoms with Gasteiger partial charge in [-0.05, 0) is 61.3 Å². The molecular weight excluding hydrogens is 399 g/mol. The third-order valence-electron chi connectivity index (χ3n) is 5.52. The molecule has 29 heavy (non-hydrogen) atoms. The van der Waals surface area contributed by atoms with E-state index in [0.29, 0.717) is 18.3 Å². The number of benzene rings is 2. The molecule has 0 bridgehead atoms. The number of halogens is 4. The minimum Gasteiger partial charge on any atom is -0.493 e. The van der Waals surface area contributed by atoms with E-state index in [0.717, 1.165) is 49.6 Å². The summed E-state index contributed by atoms with van der Waals surface area (Å²) in [6.45, 7) is 7.90. The Morgan fingerprint density at radius 3 is 2.24 bits per heavy atom. The average Bonchev–Trinajstić information content (AvgIpc) is 2.66. The molecular formula is C23H27ClF3NO. The highest BCUT2D eigenvalue weighted by molar-refractivity contribution is 6.30. The van der Waals surface area contributed by atoms with Crippen molar-refractivity contribution in [2.75, 3.05) is 26.2 Å². The fourth-order valence-corrected chi connectivity index (χ4v) is 4.06. The molecule has 2 aromatic carbocycles. The van der Waals surface area contributed by atoms with E-state index >= 15 is 0 Å². The number of hydrogen-bond donors (Lipinski definition) is 0. The maximum Gasteiger partial charge on any atom is 0.416 e. The number of piperidine rings is 1. The van der Waals surface area contributed by atoms with Gasteiger partial charge in [0.2, 0.25) is 0 Å². The number of hydrogen-bond acceptors (Lipinski definition) is 2. The molecule has 6 heteroatoms. The zero-order chi connectivity index (χ0) is 21.1. The van der Waals surface area contributed by atoms with Crippen molar-refractivity contribution in [2.24, 2.45) is 5.92 Å². The maximum absolute atomic E-state index is 12.7. The summed E-state index contributed by atoms with van der Waals surface area (Å²) in [6, 6.07) is 12.9. The van der Waals surface area contributed by atoms with E-state index < -0.39 is 11.7 Å². The SMILES string of the molecule is CC(C)(CN1CCCC(COc2ccc(C(F)(F)F)cc2)C1)c1ccc(Cl)cc1. The van der Waals surface area contributed by atoms with Gasteiger partial charge in [-0.25, -0.2) is 0 Å². The highest BCUT2D eigenvalue weighted by Crippen LogP contribution is 2.31. The van der Waals surface area contributed by atoms with Crippen LogP contribution in [0.1, 0.15) is 37.8 Å². The lowest BCUT2D eigenvalue weighted by atomic mass is 9.83. The number of likely N-dealkylation sites (tertiary alicyclic amines) is 1. The minimum absolute atomic E-state index is 0.000756. The summed E-state index contributed by atoms with van der Waals surface area (Å²) < 4.78 is 43.8. The molecule has 0 aromatic heterocycles. The highest BCUT2D eigenvalue weighted by atomic mass is 35.5. The van der Waals surface area contributed by atoms with Crippen LogP contribution < -0.4 is 4.74 Å². The summed E-state index contributed by atoms with van der Waals surface area (Å²) in [5.41, 5.74) is 0.601. The van der Waals surface area contributed by atoms with Crippen molar-refractivity contribution in [3.63, 3.8) is 0 Å². The molecule has 0 radical (unpaired) electrons. The standard InChI is InChI=1S/C23H27ClF3NO/c1-22(2,18-5-9-20(24)10-6-18)16-28-13-3-4-17(14-28)15-29-21-11-7-19(8-12-21)23(25,26)27/h5-12,17H,3-4,13-16H2,1-2H3. The second-order valence-corrected chi connectivity index (χ2v) is 8.90. The van der Waals surface area contributed by atoms with Gasteiger partial charge in [-0.1, -0.05) is 37.6 Å². The van der Waals surface area contributed by atoms with E-state index in [1.54, 1.807) is 0 Å². The van der Waals surface area contributed by atoms with Crippen molar-refractivity contribution in [3.05, 3.63) is 64.7 Å². The molecule has 1 saturated heterocycles. The first kappa shape index (κ1) is 22.0. The van der Waals surface area contributed by atoms with Crippen LogP contribution in [0.2, 0.25) is 5.02 Å². The van der Waals surface area contributed by atoms with E-state index in [-0.39, 0.29) is 5.41 Å². The molecule has 1 atom stereocenters. The molecule has 1 unspecified atom stereocenters. The summed E-state index contributed by atoms with van der Waals surface area (Å²) in [5, 5.41) is 0.739. The largest absolute Gasteiger partial charge is 0.493 e. The summed E-state index contributed by atoms with van der Waals surface area (Å²) >= 11 is 6.01. The monoisotopic (exact) mass is 425 g/mol. The van der Waals surface area contributed by atoms with E-state index in [1.807, 2.05) is 12.1 Å². The van der Waals surface area contributed by atoms with Crippen LogP contribution in [0.25, 0.3) is 0 Å². The van der Waals surface area contributed by atoms with Gasteiger partial charge >= 0.3 is 6.18 Å². The number of alkyl halides is 3. The Balaban J connectivity index is 1.53. The van der Waals surface area contributed by atoms with E-state index in [9.17, 15) is 13.2 Å². The minimum atomic E-state index is -4.32. The normalized spacial score (nSPS) is 18.6. The lowest BCUT2D eigenvalue weighted by Gasteiger charge is -2.38. The molecule has 1 aliphatic heterocycles. The topological polar surface area (TPSA) is 12.5 Å². The summed E-state index contributed by atoms with van der Waals surface area (Å²) in [5.74, 6) is 0.851. The molecule has 158 valence electrons. The van der Waals surface area contributed by atoms with Crippen LogP contribution in [0.4, 0.5) is 13.2 Å². The second kappa shape index (κ2) is 8.97. The second-order valence-electron chi connectivity index (χ2n) is 8.47. The van der Waals surface area contributed by atoms with Crippen LogP contribution >= 0.6 is 11.6 Å². The van der Waals surface area contributed by atoms with E-state index in [2.05, 4.69) is 30.9 Å². The van der Waals surface area contributed by atoms with Gasteiger partial charge in [-0.15, -0.1) is 0 Å². The van der Waals surface area contributed by atoms with Crippen LogP contribution in [-0.2, 0) is 11.6 Å². The third-order valence-corrected chi connectivity index (χ3v) is 5.77. The molecule has 2 nitrogen and oxygen atoms in total. The van der Waals surface area contributed by atoms with Crippen LogP contribution in [0.3, 0.4) is 0 Å². The molecule has 0 amide bonds. The third kappa shape index (κ3) is 6.13. The number of rotatable bonds is 6. The van der Waals surface area contributed by atoms with Crippen molar-refractivity contribution in [2.45, 2.75) is 38.3 Å². The first-order chi connectivity index (χ1) is 13.6. The Hall–Kier alpha value is -1.72. The molecule has 1 aliphatic rings. The molecule has 1 heterocycles. The Morgan fingerprint density at radius 1 is 1.00 bits per heavy atom. The molecule has 1 fully saturated rings. The first-order valence-electron chi connectivity index (χ1n) is 9.92. The maximum atomic E-state index is 12.7. The zero-order valence-electron chi connectivity index (χ0n) is 16.8. The van der Waals surface area contributed by atoms with Gasteiger partial charge in [0.25, 0.3) is 0 Å². The van der Waals surface area contributed by atoms with Crippen molar-refractivity contribution < 1.29 is 17.9 Å². The molecule has 0 saturated carbocycles. The molecule has 0 spiro atoms. The van der Waals surface area contributed by atoms with Gasteiger partial charge in [-0.3, -0.25) is 0 Å². The molecule has 0 aliphatic carbocycles. The number of ether oxygens (including phenoxy) is 1. The smallest absolute Gasteiger partial charge is 0.416 e. The van der Waals surface area contributed by atoms with Crippen molar-refractivity contribution in [1.82, 2.24) is 4.90 Å². The van der Waals surface area contributed by atoms with Gasteiger partial charge in [0.05, 0.1) is 12.2 Å². The predicted molar refractivity (Wildman–Crippen MR) is 111 cm³/mol. The van der Waals surface area contributed by atoms with Gasteiger partial charge in [0, 0.05) is 29.4 Å². The van der Waals surface area contributed by atoms with Crippen LogP contribution in [-0.4, -0.2) is 31.1 Å². The zero-order valence-corrected chi connectivity index (χ0v) is 17.6.